The van der Waals surface area contributed by atoms with Crippen LogP contribution in [0.15, 0.2) is 55.6 Å². The number of likely N-dealkylation sites (tertiary alicyclic amines) is 1. The number of carbonyl (C=O) groups excluding carboxylic acids is 3. The van der Waals surface area contributed by atoms with Crippen molar-refractivity contribution in [2.45, 2.75) is 55.8 Å². The first kappa shape index (κ1) is 27.5. The van der Waals surface area contributed by atoms with Crippen LogP contribution >= 0.6 is 11.8 Å². The third kappa shape index (κ3) is 4.52. The topological polar surface area (TPSA) is 81.2 Å². The number of nitrogens with zero attached hydrogens (tertiary/aromatic N) is 3. The lowest BCUT2D eigenvalue weighted by atomic mass is 9.65. The Morgan fingerprint density at radius 3 is 2.46 bits per heavy atom. The van der Waals surface area contributed by atoms with Crippen LogP contribution in [0.5, 0.6) is 0 Å². The highest BCUT2D eigenvalue weighted by atomic mass is 32.2. The molecule has 8 heteroatoms. The van der Waals surface area contributed by atoms with Crippen molar-refractivity contribution in [3.05, 3.63) is 61.2 Å². The second-order valence-electron chi connectivity index (χ2n) is 10.7. The number of benzene rings is 1. The first-order valence-corrected chi connectivity index (χ1v) is 14.0. The van der Waals surface area contributed by atoms with Crippen LogP contribution in [0.3, 0.4) is 0 Å². The van der Waals surface area contributed by atoms with Crippen LogP contribution in [0.4, 0.5) is 0 Å². The van der Waals surface area contributed by atoms with Crippen molar-refractivity contribution in [3.8, 4) is 0 Å². The zero-order valence-corrected chi connectivity index (χ0v) is 22.9. The molecule has 0 radical (unpaired) electrons. The minimum Gasteiger partial charge on any atom is -0.395 e. The van der Waals surface area contributed by atoms with Crippen LogP contribution < -0.4 is 0 Å². The van der Waals surface area contributed by atoms with Crippen molar-refractivity contribution in [3.63, 3.8) is 0 Å². The third-order valence-electron chi connectivity index (χ3n) is 8.22. The van der Waals surface area contributed by atoms with Gasteiger partial charge < -0.3 is 19.8 Å². The van der Waals surface area contributed by atoms with E-state index in [0.29, 0.717) is 19.6 Å². The highest BCUT2D eigenvalue weighted by Gasteiger charge is 2.76. The van der Waals surface area contributed by atoms with Crippen molar-refractivity contribution in [2.24, 2.45) is 17.8 Å². The Morgan fingerprint density at radius 1 is 1.19 bits per heavy atom. The average molecular weight is 526 g/mol. The van der Waals surface area contributed by atoms with Crippen LogP contribution in [-0.2, 0) is 20.9 Å². The molecule has 1 aromatic carbocycles. The summed E-state index contributed by atoms with van der Waals surface area (Å²) >= 11 is 1.66. The maximum Gasteiger partial charge on any atom is 0.247 e. The minimum absolute atomic E-state index is 0.0296. The minimum atomic E-state index is -0.718. The van der Waals surface area contributed by atoms with Gasteiger partial charge >= 0.3 is 0 Å². The highest BCUT2D eigenvalue weighted by molar-refractivity contribution is 8.02. The van der Waals surface area contributed by atoms with E-state index >= 15 is 0 Å². The zero-order valence-electron chi connectivity index (χ0n) is 22.1. The molecule has 4 rings (SSSR count). The Kier molecular flexibility index (Phi) is 8.19. The lowest BCUT2D eigenvalue weighted by Gasteiger charge is -2.41. The summed E-state index contributed by atoms with van der Waals surface area (Å²) in [5, 5.41) is 9.83. The van der Waals surface area contributed by atoms with Gasteiger partial charge in [0.2, 0.25) is 17.7 Å². The van der Waals surface area contributed by atoms with Gasteiger partial charge in [-0.25, -0.2) is 0 Å². The van der Waals surface area contributed by atoms with Crippen LogP contribution in [0.1, 0.15) is 32.8 Å². The molecule has 1 spiro atoms. The van der Waals surface area contributed by atoms with Gasteiger partial charge in [-0.2, -0.15) is 0 Å². The van der Waals surface area contributed by atoms with Gasteiger partial charge in [0, 0.05) is 37.5 Å². The second kappa shape index (κ2) is 11.0. The van der Waals surface area contributed by atoms with Gasteiger partial charge in [0.05, 0.1) is 23.2 Å². The number of aliphatic hydroxyl groups is 1. The fraction of sp³-hybridized carbons (Fsp3) is 0.552. The number of hydrogen-bond acceptors (Lipinski definition) is 5. The van der Waals surface area contributed by atoms with Crippen LogP contribution in [0.2, 0.25) is 0 Å². The summed E-state index contributed by atoms with van der Waals surface area (Å²) in [4.78, 5) is 47.4. The van der Waals surface area contributed by atoms with E-state index in [1.54, 1.807) is 38.6 Å². The quantitative estimate of drug-likeness (QED) is 0.450. The van der Waals surface area contributed by atoms with E-state index in [0.717, 1.165) is 12.0 Å². The molecule has 1 N–H and O–H groups in total. The van der Waals surface area contributed by atoms with E-state index in [4.69, 9.17) is 0 Å². The molecule has 37 heavy (non-hydrogen) atoms. The van der Waals surface area contributed by atoms with Gasteiger partial charge in [-0.15, -0.1) is 24.9 Å². The second-order valence-corrected chi connectivity index (χ2v) is 12.2. The summed E-state index contributed by atoms with van der Waals surface area (Å²) in [5.41, 5.74) is 1.02. The van der Waals surface area contributed by atoms with E-state index in [-0.39, 0.29) is 48.1 Å². The Hall–Kier alpha value is -2.58. The number of aliphatic hydroxyl groups excluding tert-OH is 1. The fourth-order valence-corrected chi connectivity index (χ4v) is 9.09. The number of carbonyl (C=O) groups is 3. The molecular weight excluding hydrogens is 486 g/mol. The number of β-amino-alcohol motifs (C(OH)–C–C–N with tert-alkyl or cyclic N) is 1. The Balaban J connectivity index is 1.73. The summed E-state index contributed by atoms with van der Waals surface area (Å²) in [6, 6.07) is 9.02. The first-order valence-electron chi connectivity index (χ1n) is 13.2. The molecule has 3 saturated heterocycles. The van der Waals surface area contributed by atoms with Gasteiger partial charge in [0.15, 0.2) is 0 Å². The Bertz CT molecular complexity index is 1050. The summed E-state index contributed by atoms with van der Waals surface area (Å²) in [6.45, 7) is 14.7. The molecule has 0 saturated carbocycles. The van der Waals surface area contributed by atoms with Crippen molar-refractivity contribution < 1.29 is 19.5 Å². The molecule has 200 valence electrons. The smallest absolute Gasteiger partial charge is 0.247 e. The van der Waals surface area contributed by atoms with Crippen LogP contribution in [0.25, 0.3) is 0 Å². The third-order valence-corrected chi connectivity index (χ3v) is 10.3. The summed E-state index contributed by atoms with van der Waals surface area (Å²) in [6.07, 6.45) is 4.19. The summed E-state index contributed by atoms with van der Waals surface area (Å²) in [5.74, 6) is -1.40. The highest BCUT2D eigenvalue weighted by Crippen LogP contribution is 2.68. The lowest BCUT2D eigenvalue weighted by molar-refractivity contribution is -0.145. The van der Waals surface area contributed by atoms with Gasteiger partial charge in [-0.1, -0.05) is 49.4 Å². The molecule has 0 aliphatic carbocycles. The molecule has 0 aromatic heterocycles. The van der Waals surface area contributed by atoms with Gasteiger partial charge in [0.25, 0.3) is 0 Å². The van der Waals surface area contributed by atoms with E-state index in [9.17, 15) is 19.5 Å². The standard InChI is InChI=1S/C29H39N3O4S/c1-6-13-30(18-21-11-9-8-10-12-21)26(34)23-22-17-20(5)29(37-22)24(23)27(35)32(15-16-33)25(29)28(36)31(14-7-2)19(3)4/h6-12,19-20,22-25,33H,1-2,13-18H2,3-5H3/t20?,22-,23+,24+,25?,29?/m1/s1. The average Bonchev–Trinajstić information content (AvgIpc) is 3.46. The molecule has 3 fully saturated rings. The molecule has 3 aliphatic heterocycles. The van der Waals surface area contributed by atoms with Crippen LogP contribution in [-0.4, -0.2) is 85.8 Å². The molecule has 1 aromatic rings. The predicted molar refractivity (Wildman–Crippen MR) is 147 cm³/mol. The molecule has 3 heterocycles. The van der Waals surface area contributed by atoms with E-state index in [2.05, 4.69) is 20.1 Å². The van der Waals surface area contributed by atoms with Crippen molar-refractivity contribution in [2.75, 3.05) is 26.2 Å². The molecule has 7 nitrogen and oxygen atoms in total. The number of hydrogen-bond donors (Lipinski definition) is 1. The van der Waals surface area contributed by atoms with Crippen LogP contribution in [0, 0.1) is 17.8 Å². The Morgan fingerprint density at radius 2 is 1.86 bits per heavy atom. The van der Waals surface area contributed by atoms with Gasteiger partial charge in [0.1, 0.15) is 6.04 Å². The van der Waals surface area contributed by atoms with Crippen molar-refractivity contribution >= 4 is 29.5 Å². The largest absolute Gasteiger partial charge is 0.395 e. The Labute approximate surface area is 224 Å². The van der Waals surface area contributed by atoms with E-state index in [1.807, 2.05) is 44.2 Å². The maximum absolute atomic E-state index is 14.1. The normalized spacial score (nSPS) is 29.9. The summed E-state index contributed by atoms with van der Waals surface area (Å²) < 4.78 is -0.699. The monoisotopic (exact) mass is 525 g/mol. The predicted octanol–water partition coefficient (Wildman–Crippen LogP) is 2.95. The first-order chi connectivity index (χ1) is 17.7. The lowest BCUT2D eigenvalue weighted by Crippen LogP contribution is -2.58. The fourth-order valence-electron chi connectivity index (χ4n) is 6.68. The molecular formula is C29H39N3O4S. The molecule has 2 bridgehead atoms. The van der Waals surface area contributed by atoms with Crippen molar-refractivity contribution in [1.29, 1.82) is 0 Å². The number of fused-ring (bicyclic) bond motifs is 1. The maximum atomic E-state index is 14.1. The molecule has 3 unspecified atom stereocenters. The van der Waals surface area contributed by atoms with Gasteiger partial charge in [-0.3, -0.25) is 14.4 Å². The number of rotatable bonds is 11. The zero-order chi connectivity index (χ0) is 26.9. The van der Waals surface area contributed by atoms with E-state index < -0.39 is 22.6 Å². The number of amides is 3. The molecule has 3 amide bonds. The SMILES string of the molecule is C=CCN(Cc1ccccc1)C(=O)[C@@H]1[C@H]2C(=O)N(CCO)C(C(=O)N(CC=C)C(C)C)C23S[C@@H]1CC3C. The number of thioether (sulfide) groups is 1. The summed E-state index contributed by atoms with van der Waals surface area (Å²) in [7, 11) is 0. The molecule has 6 atom stereocenters. The van der Waals surface area contributed by atoms with E-state index in [1.165, 1.54) is 0 Å². The van der Waals surface area contributed by atoms with Crippen molar-refractivity contribution in [1.82, 2.24) is 14.7 Å². The van der Waals surface area contributed by atoms with Gasteiger partial charge in [-0.05, 0) is 31.7 Å². The molecule has 3 aliphatic rings.